The lowest BCUT2D eigenvalue weighted by Crippen LogP contribution is -2.05. The van der Waals surface area contributed by atoms with Crippen molar-refractivity contribution in [2.45, 2.75) is 20.8 Å². The average molecular weight is 215 g/mol. The highest BCUT2D eigenvalue weighted by Gasteiger charge is 2.09. The van der Waals surface area contributed by atoms with Crippen LogP contribution in [0, 0.1) is 6.92 Å². The van der Waals surface area contributed by atoms with Gasteiger partial charge in [0.05, 0.1) is 5.56 Å². The maximum atomic E-state index is 5.76. The monoisotopic (exact) mass is 214 g/mol. The van der Waals surface area contributed by atoms with Crippen molar-refractivity contribution in [1.82, 2.24) is 9.97 Å². The van der Waals surface area contributed by atoms with Crippen molar-refractivity contribution in [1.29, 1.82) is 0 Å². The Bertz CT molecular complexity index is 313. The Hall–Kier alpha value is -1.29. The van der Waals surface area contributed by atoms with Crippen LogP contribution in [0.5, 0.6) is 0 Å². The summed E-state index contributed by atoms with van der Waals surface area (Å²) >= 11 is 5.76. The van der Waals surface area contributed by atoms with Crippen LogP contribution in [0.1, 0.15) is 25.2 Å². The topological polar surface area (TPSA) is 77.8 Å². The quantitative estimate of drug-likeness (QED) is 0.701. The molecular formula is C9H15ClN4. The standard InChI is InChI=1S/C7H9ClN4.C2H6/c1-3(9)5-6(8)11-4(2)12-7(5)10;1-2/h1,9H2,2H3,(H2,10,11,12);1-2H3. The Morgan fingerprint density at radius 1 is 1.36 bits per heavy atom. The van der Waals surface area contributed by atoms with Gasteiger partial charge in [-0.15, -0.1) is 0 Å². The normalized spacial score (nSPS) is 8.86. The van der Waals surface area contributed by atoms with E-state index in [1.165, 1.54) is 0 Å². The summed E-state index contributed by atoms with van der Waals surface area (Å²) < 4.78 is 0. The van der Waals surface area contributed by atoms with Gasteiger partial charge >= 0.3 is 0 Å². The van der Waals surface area contributed by atoms with Crippen molar-refractivity contribution < 1.29 is 0 Å². The van der Waals surface area contributed by atoms with Crippen LogP contribution >= 0.6 is 11.6 Å². The number of aryl methyl sites for hydroxylation is 1. The first-order chi connectivity index (χ1) is 6.52. The van der Waals surface area contributed by atoms with Gasteiger partial charge in [-0.3, -0.25) is 0 Å². The third-order valence-electron chi connectivity index (χ3n) is 1.33. The third kappa shape index (κ3) is 2.88. The van der Waals surface area contributed by atoms with E-state index in [1.54, 1.807) is 6.92 Å². The van der Waals surface area contributed by atoms with Crippen molar-refractivity contribution in [3.8, 4) is 0 Å². The number of nitrogens with zero attached hydrogens (tertiary/aromatic N) is 2. The molecule has 0 aliphatic heterocycles. The molecule has 0 saturated carbocycles. The van der Waals surface area contributed by atoms with E-state index in [1.807, 2.05) is 13.8 Å². The molecule has 0 unspecified atom stereocenters. The Kier molecular flexibility index (Phi) is 4.94. The van der Waals surface area contributed by atoms with Crippen molar-refractivity contribution in [3.63, 3.8) is 0 Å². The zero-order chi connectivity index (χ0) is 11.3. The van der Waals surface area contributed by atoms with Gasteiger partial charge < -0.3 is 11.5 Å². The number of rotatable bonds is 1. The molecule has 14 heavy (non-hydrogen) atoms. The van der Waals surface area contributed by atoms with Gasteiger partial charge in [0.1, 0.15) is 16.8 Å². The van der Waals surface area contributed by atoms with Gasteiger partial charge in [-0.2, -0.15) is 0 Å². The fraction of sp³-hybridized carbons (Fsp3) is 0.333. The number of nitrogen functional groups attached to an aromatic ring is 1. The molecule has 0 bridgehead atoms. The largest absolute Gasteiger partial charge is 0.399 e. The number of aromatic nitrogens is 2. The molecule has 1 heterocycles. The van der Waals surface area contributed by atoms with Crippen LogP contribution < -0.4 is 11.5 Å². The van der Waals surface area contributed by atoms with Crippen LogP contribution in [-0.2, 0) is 0 Å². The van der Waals surface area contributed by atoms with E-state index in [-0.39, 0.29) is 16.7 Å². The van der Waals surface area contributed by atoms with Gasteiger partial charge in [-0.05, 0) is 6.92 Å². The second-order valence-electron chi connectivity index (χ2n) is 2.35. The molecule has 0 fully saturated rings. The van der Waals surface area contributed by atoms with Crippen LogP contribution in [0.3, 0.4) is 0 Å². The lowest BCUT2D eigenvalue weighted by molar-refractivity contribution is 1.05. The summed E-state index contributed by atoms with van der Waals surface area (Å²) in [4.78, 5) is 7.79. The van der Waals surface area contributed by atoms with Crippen molar-refractivity contribution in [2.24, 2.45) is 5.73 Å². The fourth-order valence-electron chi connectivity index (χ4n) is 0.856. The lowest BCUT2D eigenvalue weighted by Gasteiger charge is -2.05. The Morgan fingerprint density at radius 3 is 2.21 bits per heavy atom. The van der Waals surface area contributed by atoms with Gasteiger partial charge in [-0.25, -0.2) is 9.97 Å². The fourth-order valence-corrected chi connectivity index (χ4v) is 1.20. The molecule has 4 N–H and O–H groups in total. The second-order valence-corrected chi connectivity index (χ2v) is 2.71. The van der Waals surface area contributed by atoms with Crippen LogP contribution in [0.25, 0.3) is 5.70 Å². The minimum atomic E-state index is 0.243. The van der Waals surface area contributed by atoms with Crippen molar-refractivity contribution in [2.75, 3.05) is 5.73 Å². The molecule has 0 aliphatic rings. The number of nitrogens with two attached hydrogens (primary N) is 2. The Balaban J connectivity index is 0.000000791. The molecule has 0 radical (unpaired) electrons. The van der Waals surface area contributed by atoms with Gasteiger partial charge in [0.15, 0.2) is 0 Å². The Morgan fingerprint density at radius 2 is 1.86 bits per heavy atom. The average Bonchev–Trinajstić information content (AvgIpc) is 2.04. The summed E-state index contributed by atoms with van der Waals surface area (Å²) in [7, 11) is 0. The molecule has 4 nitrogen and oxygen atoms in total. The number of hydrogen-bond donors (Lipinski definition) is 2. The van der Waals surface area contributed by atoms with E-state index in [2.05, 4.69) is 16.5 Å². The maximum Gasteiger partial charge on any atom is 0.144 e. The van der Waals surface area contributed by atoms with E-state index < -0.39 is 0 Å². The predicted molar refractivity (Wildman–Crippen MR) is 60.8 cm³/mol. The van der Waals surface area contributed by atoms with Gasteiger partial charge in [0, 0.05) is 5.70 Å². The SMILES string of the molecule is C=C(N)c1c(N)nc(C)nc1Cl.CC. The molecule has 78 valence electrons. The summed E-state index contributed by atoms with van der Waals surface area (Å²) in [5, 5.41) is 0.243. The highest BCUT2D eigenvalue weighted by Crippen LogP contribution is 2.22. The molecule has 0 atom stereocenters. The Labute approximate surface area is 89.0 Å². The first-order valence-corrected chi connectivity index (χ1v) is 4.64. The predicted octanol–water partition coefficient (Wildman–Crippen LogP) is 1.98. The molecular weight excluding hydrogens is 200 g/mol. The first-order valence-electron chi connectivity index (χ1n) is 4.26. The van der Waals surface area contributed by atoms with E-state index in [9.17, 15) is 0 Å². The number of halogens is 1. The first kappa shape index (κ1) is 12.7. The van der Waals surface area contributed by atoms with Crippen molar-refractivity contribution in [3.05, 3.63) is 23.1 Å². The zero-order valence-corrected chi connectivity index (χ0v) is 9.39. The van der Waals surface area contributed by atoms with Gasteiger partial charge in [0.2, 0.25) is 0 Å². The highest BCUT2D eigenvalue weighted by atomic mass is 35.5. The molecule has 0 aromatic carbocycles. The van der Waals surface area contributed by atoms with Crippen LogP contribution in [-0.4, -0.2) is 9.97 Å². The summed E-state index contributed by atoms with van der Waals surface area (Å²) in [6.45, 7) is 9.21. The molecule has 0 aliphatic carbocycles. The maximum absolute atomic E-state index is 5.76. The molecule has 1 rings (SSSR count). The van der Waals surface area contributed by atoms with Crippen LogP contribution in [0.2, 0.25) is 5.15 Å². The minimum Gasteiger partial charge on any atom is -0.399 e. The van der Waals surface area contributed by atoms with Crippen molar-refractivity contribution >= 4 is 23.1 Å². The van der Waals surface area contributed by atoms with E-state index in [4.69, 9.17) is 23.1 Å². The minimum absolute atomic E-state index is 0.243. The third-order valence-corrected chi connectivity index (χ3v) is 1.60. The molecule has 5 heteroatoms. The number of hydrogen-bond acceptors (Lipinski definition) is 4. The summed E-state index contributed by atoms with van der Waals surface area (Å²) in [6.07, 6.45) is 0. The van der Waals surface area contributed by atoms with E-state index >= 15 is 0 Å². The van der Waals surface area contributed by atoms with Gasteiger partial charge in [0.25, 0.3) is 0 Å². The molecule has 0 saturated heterocycles. The molecule has 0 spiro atoms. The lowest BCUT2D eigenvalue weighted by atomic mass is 10.2. The molecule has 1 aromatic rings. The molecule has 1 aromatic heterocycles. The molecule has 0 amide bonds. The zero-order valence-electron chi connectivity index (χ0n) is 8.63. The summed E-state index contributed by atoms with van der Waals surface area (Å²) in [6, 6.07) is 0. The smallest absolute Gasteiger partial charge is 0.144 e. The summed E-state index contributed by atoms with van der Waals surface area (Å²) in [5.74, 6) is 0.780. The second kappa shape index (κ2) is 5.44. The van der Waals surface area contributed by atoms with E-state index in [0.29, 0.717) is 11.4 Å². The van der Waals surface area contributed by atoms with Crippen LogP contribution in [0.15, 0.2) is 6.58 Å². The summed E-state index contributed by atoms with van der Waals surface area (Å²) in [5.41, 5.74) is 11.7. The van der Waals surface area contributed by atoms with Crippen LogP contribution in [0.4, 0.5) is 5.82 Å². The van der Waals surface area contributed by atoms with Gasteiger partial charge in [-0.1, -0.05) is 32.0 Å². The highest BCUT2D eigenvalue weighted by molar-refractivity contribution is 6.31. The number of anilines is 1. The van der Waals surface area contributed by atoms with E-state index in [0.717, 1.165) is 0 Å².